The highest BCUT2D eigenvalue weighted by molar-refractivity contribution is 5.92. The number of amides is 1. The lowest BCUT2D eigenvalue weighted by Crippen LogP contribution is -2.31. The number of methoxy groups -OCH3 is 1. The van der Waals surface area contributed by atoms with Gasteiger partial charge in [-0.15, -0.1) is 0 Å². The van der Waals surface area contributed by atoms with Crippen molar-refractivity contribution in [2.75, 3.05) is 13.7 Å². The largest absolute Gasteiger partial charge is 0.467 e. The minimum Gasteiger partial charge on any atom is -0.467 e. The van der Waals surface area contributed by atoms with E-state index in [2.05, 4.69) is 17.0 Å². The second kappa shape index (κ2) is 6.48. The van der Waals surface area contributed by atoms with Gasteiger partial charge in [0.25, 0.3) is 5.91 Å². The third-order valence-corrected chi connectivity index (χ3v) is 2.51. The lowest BCUT2D eigenvalue weighted by atomic mass is 10.2. The van der Waals surface area contributed by atoms with Crippen molar-refractivity contribution < 1.29 is 19.1 Å². The van der Waals surface area contributed by atoms with E-state index in [9.17, 15) is 9.59 Å². The molecule has 2 atom stereocenters. The zero-order chi connectivity index (χ0) is 12.0. The van der Waals surface area contributed by atoms with E-state index < -0.39 is 18.2 Å². The van der Waals surface area contributed by atoms with Crippen LogP contribution in [-0.2, 0) is 19.1 Å². The van der Waals surface area contributed by atoms with Crippen LogP contribution in [0.15, 0.2) is 0 Å². The minimum atomic E-state index is -0.694. The standard InChI is InChI=1S/C11H19NO4/c1-3-4-5-6-7-12-10(13)8-9(16-8)11(14)15-2/h8-9H,3-7H2,1-2H3,(H,12,13). The molecule has 0 aliphatic carbocycles. The normalized spacial score (nSPS) is 22.6. The molecule has 1 aliphatic rings. The van der Waals surface area contributed by atoms with Crippen LogP contribution in [0.25, 0.3) is 0 Å². The van der Waals surface area contributed by atoms with Crippen LogP contribution in [0.1, 0.15) is 32.6 Å². The highest BCUT2D eigenvalue weighted by Crippen LogP contribution is 2.23. The number of unbranched alkanes of at least 4 members (excludes halogenated alkanes) is 3. The van der Waals surface area contributed by atoms with Crippen LogP contribution in [0.3, 0.4) is 0 Å². The van der Waals surface area contributed by atoms with E-state index in [-0.39, 0.29) is 5.91 Å². The molecule has 1 N–H and O–H groups in total. The number of hydrogen-bond acceptors (Lipinski definition) is 4. The lowest BCUT2D eigenvalue weighted by molar-refractivity contribution is -0.142. The molecule has 1 saturated heterocycles. The Hall–Kier alpha value is -1.10. The van der Waals surface area contributed by atoms with Gasteiger partial charge in [-0.1, -0.05) is 26.2 Å². The van der Waals surface area contributed by atoms with Crippen LogP contribution in [0.2, 0.25) is 0 Å². The maximum absolute atomic E-state index is 11.4. The Bertz CT molecular complexity index is 254. The van der Waals surface area contributed by atoms with Crippen molar-refractivity contribution in [3.05, 3.63) is 0 Å². The number of ether oxygens (including phenoxy) is 2. The van der Waals surface area contributed by atoms with E-state index >= 15 is 0 Å². The molecule has 16 heavy (non-hydrogen) atoms. The first-order chi connectivity index (χ1) is 7.70. The Balaban J connectivity index is 2.07. The van der Waals surface area contributed by atoms with E-state index in [1.807, 2.05) is 0 Å². The minimum absolute atomic E-state index is 0.216. The summed E-state index contributed by atoms with van der Waals surface area (Å²) in [5.41, 5.74) is 0. The average molecular weight is 229 g/mol. The summed E-state index contributed by atoms with van der Waals surface area (Å²) in [6.07, 6.45) is 3.10. The van der Waals surface area contributed by atoms with Crippen molar-refractivity contribution in [1.82, 2.24) is 5.32 Å². The van der Waals surface area contributed by atoms with Gasteiger partial charge >= 0.3 is 5.97 Å². The Labute approximate surface area is 95.5 Å². The van der Waals surface area contributed by atoms with Gasteiger partial charge in [0, 0.05) is 6.54 Å². The van der Waals surface area contributed by atoms with Crippen molar-refractivity contribution in [1.29, 1.82) is 0 Å². The summed E-state index contributed by atoms with van der Waals surface area (Å²) in [5.74, 6) is -0.696. The van der Waals surface area contributed by atoms with Crippen molar-refractivity contribution in [3.63, 3.8) is 0 Å². The summed E-state index contributed by atoms with van der Waals surface area (Å²) in [4.78, 5) is 22.4. The van der Waals surface area contributed by atoms with Crippen LogP contribution in [0.4, 0.5) is 0 Å². The predicted octanol–water partition coefficient (Wildman–Crippen LogP) is 0.623. The van der Waals surface area contributed by atoms with Gasteiger partial charge in [-0.3, -0.25) is 4.79 Å². The molecule has 5 heteroatoms. The molecule has 1 fully saturated rings. The van der Waals surface area contributed by atoms with Gasteiger partial charge in [-0.05, 0) is 6.42 Å². The quantitative estimate of drug-likeness (QED) is 0.395. The van der Waals surface area contributed by atoms with E-state index in [1.165, 1.54) is 20.0 Å². The van der Waals surface area contributed by atoms with Crippen LogP contribution in [-0.4, -0.2) is 37.7 Å². The fraction of sp³-hybridized carbons (Fsp3) is 0.818. The van der Waals surface area contributed by atoms with E-state index in [0.717, 1.165) is 12.8 Å². The molecule has 1 aliphatic heterocycles. The number of carbonyl (C=O) groups excluding carboxylic acids is 2. The van der Waals surface area contributed by atoms with Crippen molar-refractivity contribution in [2.24, 2.45) is 0 Å². The molecule has 0 aromatic heterocycles. The molecule has 1 heterocycles. The topological polar surface area (TPSA) is 67.9 Å². The molecule has 1 amide bonds. The van der Waals surface area contributed by atoms with Gasteiger partial charge in [-0.25, -0.2) is 4.79 Å². The zero-order valence-electron chi connectivity index (χ0n) is 9.82. The summed E-state index contributed by atoms with van der Waals surface area (Å²) in [6, 6.07) is 0. The smallest absolute Gasteiger partial charge is 0.338 e. The highest BCUT2D eigenvalue weighted by atomic mass is 16.6. The number of carbonyl (C=O) groups is 2. The Morgan fingerprint density at radius 2 is 2.00 bits per heavy atom. The van der Waals surface area contributed by atoms with Crippen LogP contribution < -0.4 is 5.32 Å². The van der Waals surface area contributed by atoms with Gasteiger partial charge in [0.1, 0.15) is 0 Å². The monoisotopic (exact) mass is 229 g/mol. The molecule has 0 aromatic rings. The molecule has 0 radical (unpaired) electrons. The fourth-order valence-corrected chi connectivity index (χ4v) is 1.47. The summed E-state index contributed by atoms with van der Waals surface area (Å²) < 4.78 is 9.39. The van der Waals surface area contributed by atoms with Gasteiger partial charge in [0.05, 0.1) is 7.11 Å². The molecule has 1 rings (SSSR count). The summed E-state index contributed by atoms with van der Waals surface area (Å²) in [6.45, 7) is 2.78. The third kappa shape index (κ3) is 3.81. The average Bonchev–Trinajstić information content (AvgIpc) is 3.07. The van der Waals surface area contributed by atoms with Gasteiger partial charge in [0.2, 0.25) is 0 Å². The summed E-state index contributed by atoms with van der Waals surface area (Å²) >= 11 is 0. The van der Waals surface area contributed by atoms with Crippen LogP contribution in [0, 0.1) is 0 Å². The number of epoxide rings is 1. The van der Waals surface area contributed by atoms with Crippen molar-refractivity contribution in [2.45, 2.75) is 44.8 Å². The Kier molecular flexibility index (Phi) is 5.25. The van der Waals surface area contributed by atoms with Gasteiger partial charge in [-0.2, -0.15) is 0 Å². The van der Waals surface area contributed by atoms with Crippen LogP contribution in [0.5, 0.6) is 0 Å². The second-order valence-corrected chi connectivity index (χ2v) is 3.85. The predicted molar refractivity (Wildman–Crippen MR) is 57.8 cm³/mol. The highest BCUT2D eigenvalue weighted by Gasteiger charge is 2.51. The van der Waals surface area contributed by atoms with E-state index in [1.54, 1.807) is 0 Å². The lowest BCUT2D eigenvalue weighted by Gasteiger charge is -2.02. The second-order valence-electron chi connectivity index (χ2n) is 3.85. The van der Waals surface area contributed by atoms with Crippen molar-refractivity contribution >= 4 is 11.9 Å². The van der Waals surface area contributed by atoms with Gasteiger partial charge < -0.3 is 14.8 Å². The van der Waals surface area contributed by atoms with E-state index in [4.69, 9.17) is 4.74 Å². The molecule has 0 aromatic carbocycles. The molecule has 0 saturated carbocycles. The van der Waals surface area contributed by atoms with E-state index in [0.29, 0.717) is 6.54 Å². The molecule has 0 bridgehead atoms. The molecule has 0 spiro atoms. The Morgan fingerprint density at radius 3 is 2.62 bits per heavy atom. The fourth-order valence-electron chi connectivity index (χ4n) is 1.47. The first kappa shape index (κ1) is 13.0. The zero-order valence-corrected chi connectivity index (χ0v) is 9.82. The summed E-state index contributed by atoms with van der Waals surface area (Å²) in [5, 5.41) is 2.74. The van der Waals surface area contributed by atoms with Gasteiger partial charge in [0.15, 0.2) is 12.2 Å². The maximum atomic E-state index is 11.4. The first-order valence-corrected chi connectivity index (χ1v) is 5.71. The maximum Gasteiger partial charge on any atom is 0.338 e. The number of esters is 1. The molecule has 5 nitrogen and oxygen atoms in total. The molecule has 92 valence electrons. The SMILES string of the molecule is CCCCCCNC(=O)C1OC1C(=O)OC. The number of hydrogen-bond donors (Lipinski definition) is 1. The van der Waals surface area contributed by atoms with Crippen LogP contribution >= 0.6 is 0 Å². The molecular weight excluding hydrogens is 210 g/mol. The Morgan fingerprint density at radius 1 is 1.25 bits per heavy atom. The van der Waals surface area contributed by atoms with Crippen molar-refractivity contribution in [3.8, 4) is 0 Å². The number of nitrogens with one attached hydrogen (secondary N) is 1. The third-order valence-electron chi connectivity index (χ3n) is 2.51. The molecular formula is C11H19NO4. The number of rotatable bonds is 7. The summed E-state index contributed by atoms with van der Waals surface area (Å²) in [7, 11) is 1.28. The molecule has 2 unspecified atom stereocenters. The first-order valence-electron chi connectivity index (χ1n) is 5.71.